The quantitative estimate of drug-likeness (QED) is 0.860. The van der Waals surface area contributed by atoms with E-state index in [2.05, 4.69) is 29.3 Å². The largest absolute Gasteiger partial charge is 0.493 e. The summed E-state index contributed by atoms with van der Waals surface area (Å²) >= 11 is 0. The summed E-state index contributed by atoms with van der Waals surface area (Å²) in [4.78, 5) is 4.38. The maximum atomic E-state index is 5.27. The Kier molecular flexibility index (Phi) is 4.57. The van der Waals surface area contributed by atoms with Crippen LogP contribution in [-0.4, -0.2) is 30.4 Å². The van der Waals surface area contributed by atoms with Gasteiger partial charge in [-0.05, 0) is 32.0 Å². The van der Waals surface area contributed by atoms with Crippen molar-refractivity contribution in [1.82, 2.24) is 10.1 Å². The lowest BCUT2D eigenvalue weighted by atomic mass is 10.2. The molecule has 2 N–H and O–H groups in total. The lowest BCUT2D eigenvalue weighted by Crippen LogP contribution is -2.86. The molecule has 1 aromatic heterocycles. The lowest BCUT2D eigenvalue weighted by Gasteiger charge is -2.07. The smallest absolute Gasteiger partial charge is 0.282 e. The van der Waals surface area contributed by atoms with Crippen LogP contribution in [-0.2, 0) is 6.54 Å². The Labute approximate surface area is 118 Å². The molecule has 108 valence electrons. The van der Waals surface area contributed by atoms with Crippen molar-refractivity contribution in [1.29, 1.82) is 0 Å². The fourth-order valence-corrected chi connectivity index (χ4v) is 1.77. The molecule has 0 amide bonds. The predicted octanol–water partition coefficient (Wildman–Crippen LogP) is 1.23. The van der Waals surface area contributed by atoms with E-state index in [9.17, 15) is 0 Å². The molecule has 2 rings (SSSR count). The molecule has 0 unspecified atom stereocenters. The Morgan fingerprint density at radius 3 is 2.60 bits per heavy atom. The van der Waals surface area contributed by atoms with Gasteiger partial charge in [-0.2, -0.15) is 4.98 Å². The number of rotatable bonds is 6. The number of aromatic nitrogens is 2. The predicted molar refractivity (Wildman–Crippen MR) is 73.6 cm³/mol. The molecule has 1 heterocycles. The third-order valence-corrected chi connectivity index (χ3v) is 2.87. The number of ether oxygens (including phenoxy) is 2. The first-order chi connectivity index (χ1) is 9.63. The minimum atomic E-state index is 0.492. The van der Waals surface area contributed by atoms with E-state index in [0.29, 0.717) is 35.8 Å². The Morgan fingerprint density at radius 1 is 1.20 bits per heavy atom. The first-order valence-electron chi connectivity index (χ1n) is 6.52. The molecule has 0 bridgehead atoms. The molecule has 0 atom stereocenters. The Morgan fingerprint density at radius 2 is 1.95 bits per heavy atom. The zero-order chi connectivity index (χ0) is 14.5. The van der Waals surface area contributed by atoms with Gasteiger partial charge in [0.15, 0.2) is 18.0 Å². The highest BCUT2D eigenvalue weighted by molar-refractivity contribution is 5.60. The molecule has 0 radical (unpaired) electrons. The van der Waals surface area contributed by atoms with E-state index in [4.69, 9.17) is 14.0 Å². The number of nitrogens with zero attached hydrogens (tertiary/aromatic N) is 2. The van der Waals surface area contributed by atoms with Crippen LogP contribution in [0.15, 0.2) is 22.7 Å². The zero-order valence-corrected chi connectivity index (χ0v) is 12.2. The number of nitrogens with two attached hydrogens (primary N) is 1. The summed E-state index contributed by atoms with van der Waals surface area (Å²) in [6.45, 7) is 4.91. The normalized spacial score (nSPS) is 10.8. The molecular formula is C14H20N3O3+. The summed E-state index contributed by atoms with van der Waals surface area (Å²) in [5.41, 5.74) is 0.835. The van der Waals surface area contributed by atoms with Gasteiger partial charge in [-0.3, -0.25) is 0 Å². The molecule has 0 fully saturated rings. The zero-order valence-electron chi connectivity index (χ0n) is 12.2. The van der Waals surface area contributed by atoms with E-state index >= 15 is 0 Å². The number of quaternary nitrogens is 1. The van der Waals surface area contributed by atoms with Gasteiger partial charge < -0.3 is 19.3 Å². The highest BCUT2D eigenvalue weighted by atomic mass is 16.5. The Balaban J connectivity index is 2.19. The van der Waals surface area contributed by atoms with E-state index in [-0.39, 0.29) is 0 Å². The topological polar surface area (TPSA) is 74.0 Å². The first-order valence-corrected chi connectivity index (χ1v) is 6.52. The van der Waals surface area contributed by atoms with Gasteiger partial charge in [-0.15, -0.1) is 0 Å². The Hall–Kier alpha value is -2.08. The fraction of sp³-hybridized carbons (Fsp3) is 0.429. The summed E-state index contributed by atoms with van der Waals surface area (Å²) in [5, 5.41) is 6.12. The molecule has 0 aliphatic rings. The van der Waals surface area contributed by atoms with Gasteiger partial charge in [-0.25, -0.2) is 0 Å². The van der Waals surface area contributed by atoms with Gasteiger partial charge in [0.25, 0.3) is 5.89 Å². The maximum absolute atomic E-state index is 5.27. The van der Waals surface area contributed by atoms with Crippen molar-refractivity contribution in [3.05, 3.63) is 24.1 Å². The van der Waals surface area contributed by atoms with Gasteiger partial charge >= 0.3 is 0 Å². The van der Waals surface area contributed by atoms with Crippen molar-refractivity contribution in [3.8, 4) is 22.9 Å². The van der Waals surface area contributed by atoms with Crippen LogP contribution in [0.25, 0.3) is 11.4 Å². The van der Waals surface area contributed by atoms with Gasteiger partial charge in [0.2, 0.25) is 5.82 Å². The van der Waals surface area contributed by atoms with Crippen molar-refractivity contribution in [2.45, 2.75) is 26.4 Å². The van der Waals surface area contributed by atoms with Crippen LogP contribution in [0, 0.1) is 0 Å². The third kappa shape index (κ3) is 3.27. The summed E-state index contributed by atoms with van der Waals surface area (Å²) in [6.07, 6.45) is 0. The second kappa shape index (κ2) is 6.38. The van der Waals surface area contributed by atoms with Crippen LogP contribution in [0.3, 0.4) is 0 Å². The van der Waals surface area contributed by atoms with Crippen LogP contribution in [0.5, 0.6) is 11.5 Å². The molecule has 0 saturated carbocycles. The molecule has 6 heteroatoms. The highest BCUT2D eigenvalue weighted by Gasteiger charge is 2.13. The van der Waals surface area contributed by atoms with Gasteiger partial charge in [0.1, 0.15) is 0 Å². The lowest BCUT2D eigenvalue weighted by molar-refractivity contribution is -0.700. The van der Waals surface area contributed by atoms with Gasteiger partial charge in [0.05, 0.1) is 20.3 Å². The van der Waals surface area contributed by atoms with E-state index < -0.39 is 0 Å². The second-order valence-corrected chi connectivity index (χ2v) is 4.77. The van der Waals surface area contributed by atoms with E-state index in [1.807, 2.05) is 18.2 Å². The van der Waals surface area contributed by atoms with Crippen molar-refractivity contribution in [2.24, 2.45) is 0 Å². The van der Waals surface area contributed by atoms with Crippen molar-refractivity contribution >= 4 is 0 Å². The third-order valence-electron chi connectivity index (χ3n) is 2.87. The van der Waals surface area contributed by atoms with E-state index in [0.717, 1.165) is 5.56 Å². The number of hydrogen-bond acceptors (Lipinski definition) is 5. The monoisotopic (exact) mass is 278 g/mol. The van der Waals surface area contributed by atoms with Crippen molar-refractivity contribution < 1.29 is 19.3 Å². The highest BCUT2D eigenvalue weighted by Crippen LogP contribution is 2.31. The van der Waals surface area contributed by atoms with Crippen LogP contribution >= 0.6 is 0 Å². The van der Waals surface area contributed by atoms with Crippen LogP contribution in [0.1, 0.15) is 19.7 Å². The molecule has 20 heavy (non-hydrogen) atoms. The minimum Gasteiger partial charge on any atom is -0.493 e. The minimum absolute atomic E-state index is 0.492. The molecule has 1 aromatic carbocycles. The van der Waals surface area contributed by atoms with Crippen LogP contribution < -0.4 is 14.8 Å². The molecule has 6 nitrogen and oxygen atoms in total. The summed E-state index contributed by atoms with van der Waals surface area (Å²) in [5.74, 6) is 2.49. The molecule has 0 spiro atoms. The maximum Gasteiger partial charge on any atom is 0.282 e. The second-order valence-electron chi connectivity index (χ2n) is 4.77. The number of benzene rings is 1. The average Bonchev–Trinajstić information content (AvgIpc) is 2.93. The van der Waals surface area contributed by atoms with Gasteiger partial charge in [-0.1, -0.05) is 5.16 Å². The summed E-state index contributed by atoms with van der Waals surface area (Å²) in [6, 6.07) is 6.03. The van der Waals surface area contributed by atoms with Crippen molar-refractivity contribution in [2.75, 3.05) is 14.2 Å². The standard InChI is InChI=1S/C14H19N3O3/c1-9(2)15-8-13-16-14(17-20-13)10-5-6-11(18-3)12(7-10)19-4/h5-7,9,15H,8H2,1-4H3/p+1. The average molecular weight is 278 g/mol. The molecule has 0 aliphatic heterocycles. The van der Waals surface area contributed by atoms with Crippen LogP contribution in [0.2, 0.25) is 0 Å². The first kappa shape index (κ1) is 14.3. The SMILES string of the molecule is COc1ccc(-c2noc(C[NH2+]C(C)C)n2)cc1OC. The Bertz CT molecular complexity index is 567. The summed E-state index contributed by atoms with van der Waals surface area (Å²) < 4.78 is 15.7. The molecule has 0 saturated heterocycles. The number of hydrogen-bond donors (Lipinski definition) is 1. The molecular weight excluding hydrogens is 258 g/mol. The van der Waals surface area contributed by atoms with Gasteiger partial charge in [0, 0.05) is 5.56 Å². The summed E-state index contributed by atoms with van der Waals surface area (Å²) in [7, 11) is 3.20. The van der Waals surface area contributed by atoms with E-state index in [1.54, 1.807) is 14.2 Å². The molecule has 0 aliphatic carbocycles. The van der Waals surface area contributed by atoms with E-state index in [1.165, 1.54) is 0 Å². The fourth-order valence-electron chi connectivity index (χ4n) is 1.77. The number of methoxy groups -OCH3 is 2. The van der Waals surface area contributed by atoms with Crippen LogP contribution in [0.4, 0.5) is 0 Å². The van der Waals surface area contributed by atoms with Crippen molar-refractivity contribution in [3.63, 3.8) is 0 Å². The molecule has 2 aromatic rings.